The van der Waals surface area contributed by atoms with Gasteiger partial charge in [0.25, 0.3) is 0 Å². The van der Waals surface area contributed by atoms with Crippen LogP contribution in [0.2, 0.25) is 0 Å². The van der Waals surface area contributed by atoms with Gasteiger partial charge in [0.05, 0.1) is 11.6 Å². The predicted octanol–water partition coefficient (Wildman–Crippen LogP) is 3.40. The molecule has 3 N–H and O–H groups in total. The molecule has 0 aliphatic rings. The van der Waals surface area contributed by atoms with E-state index in [0.29, 0.717) is 0 Å². The third kappa shape index (κ3) is 2.53. The number of aromatic nitrogens is 1. The van der Waals surface area contributed by atoms with E-state index in [0.717, 1.165) is 16.5 Å². The molecule has 1 atom stereocenters. The second-order valence-corrected chi connectivity index (χ2v) is 5.38. The molecular formula is C18H19N3. The molecule has 106 valence electrons. The number of rotatable bonds is 3. The maximum atomic E-state index is 5.87. The molecule has 0 aliphatic carbocycles. The Morgan fingerprint density at radius 2 is 1.81 bits per heavy atom. The van der Waals surface area contributed by atoms with E-state index in [1.165, 1.54) is 16.7 Å². The first-order valence-electron chi connectivity index (χ1n) is 7.07. The number of nitrogens with two attached hydrogens (primary N) is 1. The molecule has 1 unspecified atom stereocenters. The van der Waals surface area contributed by atoms with Crippen molar-refractivity contribution < 1.29 is 0 Å². The van der Waals surface area contributed by atoms with Crippen molar-refractivity contribution in [1.82, 2.24) is 10.4 Å². The molecular weight excluding hydrogens is 258 g/mol. The number of nitrogens with one attached hydrogen (secondary N) is 1. The van der Waals surface area contributed by atoms with Gasteiger partial charge < -0.3 is 0 Å². The molecule has 0 bridgehead atoms. The smallest absolute Gasteiger partial charge is 0.0753 e. The summed E-state index contributed by atoms with van der Waals surface area (Å²) in [6.07, 6.45) is 1.82. The lowest BCUT2D eigenvalue weighted by Crippen LogP contribution is -2.29. The van der Waals surface area contributed by atoms with Gasteiger partial charge in [0.15, 0.2) is 0 Å². The zero-order chi connectivity index (χ0) is 14.8. The van der Waals surface area contributed by atoms with Gasteiger partial charge in [-0.3, -0.25) is 10.8 Å². The fourth-order valence-corrected chi connectivity index (χ4v) is 2.78. The van der Waals surface area contributed by atoms with Gasteiger partial charge in [-0.2, -0.15) is 0 Å². The van der Waals surface area contributed by atoms with Crippen molar-refractivity contribution in [3.8, 4) is 0 Å². The van der Waals surface area contributed by atoms with Crippen molar-refractivity contribution in [3.63, 3.8) is 0 Å². The fourth-order valence-electron chi connectivity index (χ4n) is 2.78. The van der Waals surface area contributed by atoms with Gasteiger partial charge in [0.2, 0.25) is 0 Å². The quantitative estimate of drug-likeness (QED) is 0.570. The molecule has 3 rings (SSSR count). The van der Waals surface area contributed by atoms with Gasteiger partial charge in [-0.05, 0) is 31.0 Å². The standard InChI is InChI=1S/C18H19N3/c1-12-8-9-13(2)16(11-12)18(21-19)15-7-3-5-14-6-4-10-20-17(14)15/h3-11,18,21H,19H2,1-2H3. The molecule has 0 amide bonds. The monoisotopic (exact) mass is 277 g/mol. The minimum absolute atomic E-state index is 0.0662. The minimum Gasteiger partial charge on any atom is -0.271 e. The highest BCUT2D eigenvalue weighted by Gasteiger charge is 2.17. The lowest BCUT2D eigenvalue weighted by molar-refractivity contribution is 0.636. The summed E-state index contributed by atoms with van der Waals surface area (Å²) in [5.74, 6) is 5.87. The summed E-state index contributed by atoms with van der Waals surface area (Å²) in [6, 6.07) is 16.6. The van der Waals surface area contributed by atoms with Crippen LogP contribution in [-0.2, 0) is 0 Å². The molecule has 3 nitrogen and oxygen atoms in total. The molecule has 0 fully saturated rings. The maximum Gasteiger partial charge on any atom is 0.0753 e. The average Bonchev–Trinajstić information content (AvgIpc) is 2.51. The number of nitrogens with zero attached hydrogens (tertiary/aromatic N) is 1. The van der Waals surface area contributed by atoms with Gasteiger partial charge in [-0.1, -0.05) is 48.0 Å². The van der Waals surface area contributed by atoms with Gasteiger partial charge in [0, 0.05) is 17.1 Å². The third-order valence-corrected chi connectivity index (χ3v) is 3.89. The summed E-state index contributed by atoms with van der Waals surface area (Å²) < 4.78 is 0. The normalized spacial score (nSPS) is 12.5. The van der Waals surface area contributed by atoms with Crippen molar-refractivity contribution in [2.24, 2.45) is 5.84 Å². The first-order chi connectivity index (χ1) is 10.2. The number of benzene rings is 2. The SMILES string of the molecule is Cc1ccc(C)c(C(NN)c2cccc3cccnc23)c1. The van der Waals surface area contributed by atoms with Crippen LogP contribution >= 0.6 is 0 Å². The molecule has 0 aliphatic heterocycles. The molecule has 21 heavy (non-hydrogen) atoms. The van der Waals surface area contributed by atoms with Gasteiger partial charge >= 0.3 is 0 Å². The molecule has 1 heterocycles. The van der Waals surface area contributed by atoms with E-state index in [4.69, 9.17) is 5.84 Å². The van der Waals surface area contributed by atoms with Crippen molar-refractivity contribution in [1.29, 1.82) is 0 Å². The number of hydrogen-bond acceptors (Lipinski definition) is 3. The van der Waals surface area contributed by atoms with Crippen molar-refractivity contribution in [3.05, 3.63) is 77.0 Å². The Kier molecular flexibility index (Phi) is 3.69. The van der Waals surface area contributed by atoms with E-state index in [9.17, 15) is 0 Å². The first-order valence-corrected chi connectivity index (χ1v) is 7.07. The van der Waals surface area contributed by atoms with Crippen LogP contribution in [0, 0.1) is 13.8 Å². The lowest BCUT2D eigenvalue weighted by Gasteiger charge is -2.21. The summed E-state index contributed by atoms with van der Waals surface area (Å²) in [4.78, 5) is 4.53. The lowest BCUT2D eigenvalue weighted by atomic mass is 9.92. The Balaban J connectivity index is 2.21. The summed E-state index contributed by atoms with van der Waals surface area (Å²) in [7, 11) is 0. The Labute approximate surface area is 124 Å². The summed E-state index contributed by atoms with van der Waals surface area (Å²) in [5, 5.41) is 1.13. The fraction of sp³-hybridized carbons (Fsp3) is 0.167. The average molecular weight is 277 g/mol. The van der Waals surface area contributed by atoms with Crippen LogP contribution in [0.1, 0.15) is 28.3 Å². The van der Waals surface area contributed by atoms with E-state index in [2.05, 4.69) is 66.7 Å². The van der Waals surface area contributed by atoms with Crippen LogP contribution < -0.4 is 11.3 Å². The van der Waals surface area contributed by atoms with Gasteiger partial charge in [0.1, 0.15) is 0 Å². The number of hydrogen-bond donors (Lipinski definition) is 2. The molecule has 0 radical (unpaired) electrons. The molecule has 0 saturated carbocycles. The zero-order valence-corrected chi connectivity index (χ0v) is 12.3. The Bertz CT molecular complexity index is 775. The number of aryl methyl sites for hydroxylation is 2. The number of para-hydroxylation sites is 1. The number of hydrazine groups is 1. The van der Waals surface area contributed by atoms with Crippen LogP contribution in [0.25, 0.3) is 10.9 Å². The highest BCUT2D eigenvalue weighted by Crippen LogP contribution is 2.29. The summed E-state index contributed by atoms with van der Waals surface area (Å²) >= 11 is 0. The Hall–Kier alpha value is -2.23. The number of fused-ring (bicyclic) bond motifs is 1. The molecule has 1 aromatic heterocycles. The van der Waals surface area contributed by atoms with Crippen LogP contribution in [-0.4, -0.2) is 4.98 Å². The summed E-state index contributed by atoms with van der Waals surface area (Å²) in [5.41, 5.74) is 8.68. The van der Waals surface area contributed by atoms with Gasteiger partial charge in [-0.25, -0.2) is 5.43 Å². The molecule has 0 spiro atoms. The zero-order valence-electron chi connectivity index (χ0n) is 12.3. The molecule has 3 heteroatoms. The Morgan fingerprint density at radius 3 is 2.62 bits per heavy atom. The molecule has 3 aromatic rings. The highest BCUT2D eigenvalue weighted by molar-refractivity contribution is 5.82. The first kappa shape index (κ1) is 13.7. The number of pyridine rings is 1. The maximum absolute atomic E-state index is 5.87. The largest absolute Gasteiger partial charge is 0.271 e. The van der Waals surface area contributed by atoms with E-state index in [-0.39, 0.29) is 6.04 Å². The van der Waals surface area contributed by atoms with Crippen LogP contribution in [0.4, 0.5) is 0 Å². The predicted molar refractivity (Wildman–Crippen MR) is 86.8 cm³/mol. The van der Waals surface area contributed by atoms with E-state index >= 15 is 0 Å². The minimum atomic E-state index is -0.0662. The highest BCUT2D eigenvalue weighted by atomic mass is 15.2. The topological polar surface area (TPSA) is 50.9 Å². The van der Waals surface area contributed by atoms with Crippen molar-refractivity contribution in [2.45, 2.75) is 19.9 Å². The van der Waals surface area contributed by atoms with Crippen LogP contribution in [0.15, 0.2) is 54.7 Å². The third-order valence-electron chi connectivity index (χ3n) is 3.89. The molecule has 0 saturated heterocycles. The second kappa shape index (κ2) is 5.64. The molecule has 2 aromatic carbocycles. The van der Waals surface area contributed by atoms with E-state index < -0.39 is 0 Å². The Morgan fingerprint density at radius 1 is 1.00 bits per heavy atom. The van der Waals surface area contributed by atoms with Crippen LogP contribution in [0.5, 0.6) is 0 Å². The van der Waals surface area contributed by atoms with E-state index in [1.54, 1.807) is 0 Å². The van der Waals surface area contributed by atoms with Crippen molar-refractivity contribution in [2.75, 3.05) is 0 Å². The van der Waals surface area contributed by atoms with Crippen molar-refractivity contribution >= 4 is 10.9 Å². The van der Waals surface area contributed by atoms with E-state index in [1.807, 2.05) is 12.3 Å². The summed E-state index contributed by atoms with van der Waals surface area (Å²) in [6.45, 7) is 4.20. The van der Waals surface area contributed by atoms with Gasteiger partial charge in [-0.15, -0.1) is 0 Å². The second-order valence-electron chi connectivity index (χ2n) is 5.38. The van der Waals surface area contributed by atoms with Crippen LogP contribution in [0.3, 0.4) is 0 Å².